The third-order valence-electron chi connectivity index (χ3n) is 7.52. The zero-order chi connectivity index (χ0) is 15.1. The minimum absolute atomic E-state index is 0.0544. The molecule has 0 unspecified atom stereocenters. The lowest BCUT2D eigenvalue weighted by Crippen LogP contribution is -2.60. The third-order valence-corrected chi connectivity index (χ3v) is 7.52. The maximum atomic E-state index is 13.1. The fraction of sp³-hybridized carbons (Fsp3) is 0.889. The van der Waals surface area contributed by atoms with E-state index < -0.39 is 0 Å². The lowest BCUT2D eigenvalue weighted by Gasteiger charge is -2.58. The van der Waals surface area contributed by atoms with E-state index in [-0.39, 0.29) is 23.4 Å². The Bertz CT molecular complexity index is 530. The largest absolute Gasteiger partial charge is 0.322 e. The maximum Gasteiger partial charge on any atom is 0.241 e. The van der Waals surface area contributed by atoms with E-state index in [1.165, 1.54) is 19.3 Å². The molecule has 22 heavy (non-hydrogen) atoms. The number of nitriles is 1. The Balaban J connectivity index is 1.41. The summed E-state index contributed by atoms with van der Waals surface area (Å²) in [6, 6.07) is 2.09. The summed E-state index contributed by atoms with van der Waals surface area (Å²) in [6.45, 7) is 0. The number of carbonyl (C=O) groups is 1. The molecule has 0 aromatic rings. The lowest BCUT2D eigenvalue weighted by atomic mass is 9.47. The second kappa shape index (κ2) is 4.26. The molecule has 1 amide bonds. The minimum Gasteiger partial charge on any atom is -0.322 e. The fourth-order valence-corrected chi connectivity index (χ4v) is 6.87. The summed E-state index contributed by atoms with van der Waals surface area (Å²) in [7, 11) is 0. The number of carbonyl (C=O) groups excluding carboxylic acids is 1. The molecule has 0 radical (unpaired) electrons. The minimum atomic E-state index is -0.365. The van der Waals surface area contributed by atoms with Gasteiger partial charge in [-0.1, -0.05) is 0 Å². The third kappa shape index (κ3) is 1.69. The molecular weight excluding hydrogens is 274 g/mol. The fourth-order valence-electron chi connectivity index (χ4n) is 6.87. The van der Waals surface area contributed by atoms with Crippen molar-refractivity contribution in [2.75, 3.05) is 0 Å². The van der Waals surface area contributed by atoms with Crippen molar-refractivity contribution in [2.24, 2.45) is 34.8 Å². The molecule has 1 aliphatic heterocycles. The van der Waals surface area contributed by atoms with Crippen LogP contribution in [0.5, 0.6) is 0 Å². The number of fused-ring (bicyclic) bond motifs is 1. The first kappa shape index (κ1) is 13.4. The first-order chi connectivity index (χ1) is 10.6. The Morgan fingerprint density at radius 1 is 1.09 bits per heavy atom. The highest BCUT2D eigenvalue weighted by atomic mass is 16.2. The van der Waals surface area contributed by atoms with E-state index in [1.807, 2.05) is 4.90 Å². The van der Waals surface area contributed by atoms with E-state index >= 15 is 0 Å². The number of nitrogens with zero attached hydrogens (tertiary/aromatic N) is 2. The van der Waals surface area contributed by atoms with Crippen molar-refractivity contribution in [3.63, 3.8) is 0 Å². The van der Waals surface area contributed by atoms with Gasteiger partial charge in [0.05, 0.1) is 12.1 Å². The van der Waals surface area contributed by atoms with Crippen molar-refractivity contribution in [1.29, 1.82) is 5.26 Å². The molecule has 6 aliphatic rings. The quantitative estimate of drug-likeness (QED) is 0.848. The van der Waals surface area contributed by atoms with Crippen LogP contribution in [0.1, 0.15) is 51.4 Å². The van der Waals surface area contributed by atoms with Gasteiger partial charge in [-0.05, 0) is 80.5 Å². The molecular formula is C18H25N3O. The van der Waals surface area contributed by atoms with Gasteiger partial charge in [-0.15, -0.1) is 0 Å². The first-order valence-corrected chi connectivity index (χ1v) is 9.07. The second-order valence-electron chi connectivity index (χ2n) is 8.95. The Morgan fingerprint density at radius 3 is 2.23 bits per heavy atom. The highest BCUT2D eigenvalue weighted by Crippen LogP contribution is 2.61. The Hall–Kier alpha value is -1.08. The van der Waals surface area contributed by atoms with Crippen molar-refractivity contribution >= 4 is 5.91 Å². The number of nitrogens with two attached hydrogens (primary N) is 1. The summed E-state index contributed by atoms with van der Waals surface area (Å²) in [6.07, 6.45) is 9.55. The molecule has 5 aliphatic carbocycles. The standard InChI is InChI=1S/C18H25N3O/c19-9-14-4-13-5-15(13)21(14)17(22)16(20)18-6-10-1-11(7-18)3-12(2-10)8-18/h10-16H,1-8,20H2/t10?,11?,12?,13-,14+,15+,16-,18?/m1/s1. The van der Waals surface area contributed by atoms with Gasteiger partial charge in [0.15, 0.2) is 0 Å². The van der Waals surface area contributed by atoms with Crippen molar-refractivity contribution in [1.82, 2.24) is 4.90 Å². The summed E-state index contributed by atoms with van der Waals surface area (Å²) in [5, 5.41) is 9.35. The molecule has 5 saturated carbocycles. The normalized spacial score (nSPS) is 52.3. The summed E-state index contributed by atoms with van der Waals surface area (Å²) < 4.78 is 0. The van der Waals surface area contributed by atoms with E-state index in [0.29, 0.717) is 12.0 Å². The van der Waals surface area contributed by atoms with Gasteiger partial charge < -0.3 is 10.6 Å². The van der Waals surface area contributed by atoms with Crippen LogP contribution in [0.3, 0.4) is 0 Å². The number of amides is 1. The van der Waals surface area contributed by atoms with Gasteiger partial charge in [0, 0.05) is 6.04 Å². The molecule has 0 spiro atoms. The van der Waals surface area contributed by atoms with Crippen LogP contribution in [0.2, 0.25) is 0 Å². The molecule has 6 fully saturated rings. The van der Waals surface area contributed by atoms with Gasteiger partial charge in [0.2, 0.25) is 5.91 Å². The average Bonchev–Trinajstić information content (AvgIpc) is 3.15. The topological polar surface area (TPSA) is 70.1 Å². The lowest BCUT2D eigenvalue weighted by molar-refractivity contribution is -0.144. The van der Waals surface area contributed by atoms with Crippen LogP contribution < -0.4 is 5.73 Å². The Labute approximate surface area is 132 Å². The van der Waals surface area contributed by atoms with Crippen LogP contribution in [-0.4, -0.2) is 28.9 Å². The summed E-state index contributed by atoms with van der Waals surface area (Å²) in [5.74, 6) is 3.10. The predicted molar refractivity (Wildman–Crippen MR) is 81.3 cm³/mol. The molecule has 1 saturated heterocycles. The SMILES string of the molecule is N#C[C@@H]1C[C@@H]2C[C@@H]2N1C(=O)[C@@H](N)C12CC3CC(CC(C3)C1)C2. The molecule has 4 atom stereocenters. The van der Waals surface area contributed by atoms with E-state index in [0.717, 1.165) is 49.9 Å². The van der Waals surface area contributed by atoms with Gasteiger partial charge in [-0.3, -0.25) is 4.79 Å². The molecule has 6 rings (SSSR count). The summed E-state index contributed by atoms with van der Waals surface area (Å²) in [5.41, 5.74) is 6.65. The van der Waals surface area contributed by atoms with Crippen LogP contribution >= 0.6 is 0 Å². The molecule has 4 heteroatoms. The van der Waals surface area contributed by atoms with Gasteiger partial charge in [-0.2, -0.15) is 5.26 Å². The molecule has 2 N–H and O–H groups in total. The van der Waals surface area contributed by atoms with Crippen LogP contribution in [-0.2, 0) is 4.79 Å². The molecule has 0 aromatic heterocycles. The smallest absolute Gasteiger partial charge is 0.241 e. The Kier molecular flexibility index (Phi) is 2.59. The highest BCUT2D eigenvalue weighted by molar-refractivity contribution is 5.84. The predicted octanol–water partition coefficient (Wildman–Crippen LogP) is 2.04. The number of likely N-dealkylation sites (tertiary alicyclic amines) is 1. The molecule has 0 aromatic carbocycles. The number of hydrogen-bond donors (Lipinski definition) is 1. The van der Waals surface area contributed by atoms with Crippen LogP contribution in [0.15, 0.2) is 0 Å². The van der Waals surface area contributed by atoms with Gasteiger partial charge in [0.1, 0.15) is 6.04 Å². The van der Waals surface area contributed by atoms with Crippen molar-refractivity contribution in [2.45, 2.75) is 69.5 Å². The average molecular weight is 299 g/mol. The second-order valence-corrected chi connectivity index (χ2v) is 8.95. The maximum absolute atomic E-state index is 13.1. The highest BCUT2D eigenvalue weighted by Gasteiger charge is 2.59. The molecule has 4 nitrogen and oxygen atoms in total. The summed E-state index contributed by atoms with van der Waals surface area (Å²) in [4.78, 5) is 15.0. The van der Waals surface area contributed by atoms with Crippen molar-refractivity contribution < 1.29 is 4.79 Å². The van der Waals surface area contributed by atoms with Crippen LogP contribution in [0, 0.1) is 40.4 Å². The van der Waals surface area contributed by atoms with E-state index in [1.54, 1.807) is 0 Å². The first-order valence-electron chi connectivity index (χ1n) is 9.07. The molecule has 1 heterocycles. The number of rotatable bonds is 2. The van der Waals surface area contributed by atoms with Crippen LogP contribution in [0.4, 0.5) is 0 Å². The zero-order valence-electron chi connectivity index (χ0n) is 13.1. The van der Waals surface area contributed by atoms with Gasteiger partial charge in [-0.25, -0.2) is 0 Å². The summed E-state index contributed by atoms with van der Waals surface area (Å²) >= 11 is 0. The van der Waals surface area contributed by atoms with Gasteiger partial charge >= 0.3 is 0 Å². The van der Waals surface area contributed by atoms with E-state index in [4.69, 9.17) is 5.73 Å². The van der Waals surface area contributed by atoms with Gasteiger partial charge in [0.25, 0.3) is 0 Å². The monoisotopic (exact) mass is 299 g/mol. The molecule has 4 bridgehead atoms. The molecule has 118 valence electrons. The van der Waals surface area contributed by atoms with E-state index in [9.17, 15) is 10.1 Å². The van der Waals surface area contributed by atoms with E-state index in [2.05, 4.69) is 6.07 Å². The number of hydrogen-bond acceptors (Lipinski definition) is 3. The van der Waals surface area contributed by atoms with Crippen molar-refractivity contribution in [3.05, 3.63) is 0 Å². The zero-order valence-corrected chi connectivity index (χ0v) is 13.1. The Morgan fingerprint density at radius 2 is 1.68 bits per heavy atom. The van der Waals surface area contributed by atoms with Crippen LogP contribution in [0.25, 0.3) is 0 Å². The van der Waals surface area contributed by atoms with Crippen molar-refractivity contribution in [3.8, 4) is 6.07 Å². The number of piperidine rings is 1.